The van der Waals surface area contributed by atoms with Gasteiger partial charge < -0.3 is 4.74 Å². The standard InChI is InChI=1S/C9H12O2/c1-11-6-9-3-2-7(5-9)4-8(9)10/h2-3,7H,4-6H2,1H3/t7-,9+/m1/s1. The van der Waals surface area contributed by atoms with Crippen molar-refractivity contribution in [2.75, 3.05) is 13.7 Å². The van der Waals surface area contributed by atoms with Crippen LogP contribution >= 0.6 is 0 Å². The first-order valence-electron chi connectivity index (χ1n) is 3.98. The minimum atomic E-state index is -0.223. The Bertz CT molecular complexity index is 220. The third-order valence-electron chi connectivity index (χ3n) is 2.72. The molecule has 1 saturated carbocycles. The summed E-state index contributed by atoms with van der Waals surface area (Å²) in [4.78, 5) is 11.4. The van der Waals surface area contributed by atoms with Gasteiger partial charge in [0.05, 0.1) is 12.0 Å². The van der Waals surface area contributed by atoms with Crippen molar-refractivity contribution in [1.29, 1.82) is 0 Å². The van der Waals surface area contributed by atoms with Crippen molar-refractivity contribution in [2.45, 2.75) is 12.8 Å². The maximum atomic E-state index is 11.4. The fourth-order valence-corrected chi connectivity index (χ4v) is 2.16. The van der Waals surface area contributed by atoms with Crippen LogP contribution in [0.4, 0.5) is 0 Å². The van der Waals surface area contributed by atoms with Crippen LogP contribution in [0.1, 0.15) is 12.8 Å². The molecule has 0 saturated heterocycles. The van der Waals surface area contributed by atoms with E-state index >= 15 is 0 Å². The van der Waals surface area contributed by atoms with E-state index in [1.165, 1.54) is 0 Å². The lowest BCUT2D eigenvalue weighted by Gasteiger charge is -2.19. The number of methoxy groups -OCH3 is 1. The highest BCUT2D eigenvalue weighted by atomic mass is 16.5. The zero-order valence-corrected chi connectivity index (χ0v) is 6.67. The van der Waals surface area contributed by atoms with Crippen molar-refractivity contribution in [1.82, 2.24) is 0 Å². The average molecular weight is 152 g/mol. The van der Waals surface area contributed by atoms with Crippen molar-refractivity contribution in [3.05, 3.63) is 12.2 Å². The van der Waals surface area contributed by atoms with Gasteiger partial charge in [0.2, 0.25) is 0 Å². The number of Topliss-reactive ketones (excluding diaryl/α,β-unsaturated/α-hetero) is 1. The smallest absolute Gasteiger partial charge is 0.145 e. The van der Waals surface area contributed by atoms with E-state index < -0.39 is 0 Å². The maximum absolute atomic E-state index is 11.4. The SMILES string of the molecule is COC[C@@]12C=C[C@H](CC1=O)C2. The second-order valence-electron chi connectivity index (χ2n) is 3.54. The normalized spacial score (nSPS) is 40.5. The van der Waals surface area contributed by atoms with Gasteiger partial charge in [-0.2, -0.15) is 0 Å². The van der Waals surface area contributed by atoms with Crippen LogP contribution in [0.25, 0.3) is 0 Å². The van der Waals surface area contributed by atoms with Gasteiger partial charge in [0.25, 0.3) is 0 Å². The number of carbonyl (C=O) groups excluding carboxylic acids is 1. The molecule has 2 bridgehead atoms. The van der Waals surface area contributed by atoms with Gasteiger partial charge in [0, 0.05) is 13.5 Å². The highest BCUT2D eigenvalue weighted by Gasteiger charge is 2.47. The van der Waals surface area contributed by atoms with Gasteiger partial charge in [-0.05, 0) is 12.3 Å². The number of allylic oxidation sites excluding steroid dienone is 1. The van der Waals surface area contributed by atoms with Crippen LogP contribution in [-0.4, -0.2) is 19.5 Å². The zero-order chi connectivity index (χ0) is 7.90. The molecular formula is C9H12O2. The van der Waals surface area contributed by atoms with Crippen molar-refractivity contribution in [2.24, 2.45) is 11.3 Å². The molecule has 0 spiro atoms. The van der Waals surface area contributed by atoms with Crippen molar-refractivity contribution in [3.8, 4) is 0 Å². The van der Waals surface area contributed by atoms with Crippen LogP contribution in [0.15, 0.2) is 12.2 Å². The molecule has 0 amide bonds. The largest absolute Gasteiger partial charge is 0.383 e. The topological polar surface area (TPSA) is 26.3 Å². The first-order chi connectivity index (χ1) is 5.27. The molecule has 0 aliphatic heterocycles. The lowest BCUT2D eigenvalue weighted by Crippen LogP contribution is -2.27. The van der Waals surface area contributed by atoms with Crippen LogP contribution in [-0.2, 0) is 9.53 Å². The summed E-state index contributed by atoms with van der Waals surface area (Å²) in [6.45, 7) is 0.568. The monoisotopic (exact) mass is 152 g/mol. The number of carbonyl (C=O) groups is 1. The second kappa shape index (κ2) is 2.18. The molecule has 2 aliphatic carbocycles. The second-order valence-corrected chi connectivity index (χ2v) is 3.54. The molecule has 2 atom stereocenters. The van der Waals surface area contributed by atoms with E-state index in [1.807, 2.05) is 6.08 Å². The van der Waals surface area contributed by atoms with E-state index in [1.54, 1.807) is 7.11 Å². The summed E-state index contributed by atoms with van der Waals surface area (Å²) in [5, 5.41) is 0. The number of ether oxygens (including phenoxy) is 1. The summed E-state index contributed by atoms with van der Waals surface area (Å²) in [6.07, 6.45) is 5.91. The van der Waals surface area contributed by atoms with Crippen molar-refractivity contribution >= 4 is 5.78 Å². The van der Waals surface area contributed by atoms with Crippen molar-refractivity contribution in [3.63, 3.8) is 0 Å². The number of rotatable bonds is 2. The number of hydrogen-bond acceptors (Lipinski definition) is 2. The van der Waals surface area contributed by atoms with E-state index in [-0.39, 0.29) is 5.41 Å². The Morgan fingerprint density at radius 1 is 1.82 bits per heavy atom. The zero-order valence-electron chi connectivity index (χ0n) is 6.67. The predicted molar refractivity (Wildman–Crippen MR) is 41.2 cm³/mol. The number of ketones is 1. The summed E-state index contributed by atoms with van der Waals surface area (Å²) >= 11 is 0. The fourth-order valence-electron chi connectivity index (χ4n) is 2.16. The Hall–Kier alpha value is -0.630. The lowest BCUT2D eigenvalue weighted by molar-refractivity contribution is -0.125. The number of fused-ring (bicyclic) bond motifs is 2. The molecule has 11 heavy (non-hydrogen) atoms. The third-order valence-corrected chi connectivity index (χ3v) is 2.72. The molecule has 0 unspecified atom stereocenters. The Labute approximate surface area is 66.2 Å². The third kappa shape index (κ3) is 0.857. The highest BCUT2D eigenvalue weighted by Crippen LogP contribution is 2.46. The summed E-state index contributed by atoms with van der Waals surface area (Å²) in [7, 11) is 1.65. The summed E-state index contributed by atoms with van der Waals surface area (Å²) < 4.78 is 5.04. The van der Waals surface area contributed by atoms with Gasteiger partial charge in [0.1, 0.15) is 5.78 Å². The van der Waals surface area contributed by atoms with Gasteiger partial charge >= 0.3 is 0 Å². The van der Waals surface area contributed by atoms with E-state index in [9.17, 15) is 4.79 Å². The summed E-state index contributed by atoms with van der Waals surface area (Å²) in [5.41, 5.74) is -0.223. The molecule has 0 heterocycles. The van der Waals surface area contributed by atoms with Crippen molar-refractivity contribution < 1.29 is 9.53 Å². The molecule has 2 aliphatic rings. The number of hydrogen-bond donors (Lipinski definition) is 0. The summed E-state index contributed by atoms with van der Waals surface area (Å²) in [5.74, 6) is 0.879. The van der Waals surface area contributed by atoms with Gasteiger partial charge in [-0.15, -0.1) is 0 Å². The van der Waals surface area contributed by atoms with Gasteiger partial charge in [-0.1, -0.05) is 12.2 Å². The van der Waals surface area contributed by atoms with Gasteiger partial charge in [0.15, 0.2) is 0 Å². The van der Waals surface area contributed by atoms with Crippen LogP contribution < -0.4 is 0 Å². The maximum Gasteiger partial charge on any atom is 0.145 e. The van der Waals surface area contributed by atoms with Crippen LogP contribution in [0.5, 0.6) is 0 Å². The molecule has 1 fully saturated rings. The minimum absolute atomic E-state index is 0.223. The molecule has 0 aromatic rings. The quantitative estimate of drug-likeness (QED) is 0.555. The molecule has 0 aromatic heterocycles. The molecule has 0 radical (unpaired) electrons. The average Bonchev–Trinajstić information content (AvgIpc) is 2.45. The van der Waals surface area contributed by atoms with E-state index in [2.05, 4.69) is 6.08 Å². The first-order valence-corrected chi connectivity index (χ1v) is 3.98. The molecule has 2 rings (SSSR count). The Balaban J connectivity index is 2.23. The van der Waals surface area contributed by atoms with Gasteiger partial charge in [-0.25, -0.2) is 0 Å². The molecule has 0 aromatic carbocycles. The van der Waals surface area contributed by atoms with Gasteiger partial charge in [-0.3, -0.25) is 4.79 Å². The summed E-state index contributed by atoms with van der Waals surface area (Å²) in [6, 6.07) is 0. The minimum Gasteiger partial charge on any atom is -0.383 e. The van der Waals surface area contributed by atoms with E-state index in [0.717, 1.165) is 12.8 Å². The molecule has 2 heteroatoms. The molecule has 0 N–H and O–H groups in total. The predicted octanol–water partition coefficient (Wildman–Crippen LogP) is 1.17. The Morgan fingerprint density at radius 2 is 2.64 bits per heavy atom. The molecule has 2 nitrogen and oxygen atoms in total. The Morgan fingerprint density at radius 3 is 3.09 bits per heavy atom. The molecule has 60 valence electrons. The molecular weight excluding hydrogens is 140 g/mol. The Kier molecular flexibility index (Phi) is 1.39. The van der Waals surface area contributed by atoms with E-state index in [0.29, 0.717) is 18.3 Å². The van der Waals surface area contributed by atoms with Crippen LogP contribution in [0, 0.1) is 11.3 Å². The van der Waals surface area contributed by atoms with Crippen LogP contribution in [0.3, 0.4) is 0 Å². The first kappa shape index (κ1) is 7.04. The lowest BCUT2D eigenvalue weighted by atomic mass is 9.88. The van der Waals surface area contributed by atoms with Crippen LogP contribution in [0.2, 0.25) is 0 Å². The fraction of sp³-hybridized carbons (Fsp3) is 0.667. The van der Waals surface area contributed by atoms with E-state index in [4.69, 9.17) is 4.74 Å². The highest BCUT2D eigenvalue weighted by molar-refractivity contribution is 5.91.